The third-order valence-corrected chi connectivity index (χ3v) is 3.50. The van der Waals surface area contributed by atoms with Crippen molar-refractivity contribution < 1.29 is 8.78 Å². The molecule has 0 aliphatic carbocycles. The number of hydrogen-bond donors (Lipinski definition) is 2. The van der Waals surface area contributed by atoms with Gasteiger partial charge >= 0.3 is 0 Å². The zero-order valence-corrected chi connectivity index (χ0v) is 16.1. The zero-order chi connectivity index (χ0) is 16.7. The van der Waals surface area contributed by atoms with Crippen LogP contribution in [0.1, 0.15) is 24.1 Å². The minimum absolute atomic E-state index is 0. The monoisotopic (exact) mass is 445 g/mol. The molecule has 0 aliphatic heterocycles. The number of benzene rings is 2. The summed E-state index contributed by atoms with van der Waals surface area (Å²) in [7, 11) is 1.69. The van der Waals surface area contributed by atoms with Gasteiger partial charge in [0.25, 0.3) is 0 Å². The molecule has 0 fully saturated rings. The number of aliphatic imine (C=N–C) groups is 1. The summed E-state index contributed by atoms with van der Waals surface area (Å²) in [5.41, 5.74) is 1.77. The van der Waals surface area contributed by atoms with Crippen molar-refractivity contribution in [2.24, 2.45) is 4.99 Å². The normalized spacial score (nSPS) is 12.2. The Bertz CT molecular complexity index is 642. The number of nitrogens with one attached hydrogen (secondary N) is 2. The van der Waals surface area contributed by atoms with Gasteiger partial charge in [-0.3, -0.25) is 4.99 Å². The minimum Gasteiger partial charge on any atom is -0.356 e. The Hall–Kier alpha value is -1.70. The van der Waals surface area contributed by atoms with Gasteiger partial charge in [0.15, 0.2) is 5.96 Å². The highest BCUT2D eigenvalue weighted by molar-refractivity contribution is 14.0. The highest BCUT2D eigenvalue weighted by Crippen LogP contribution is 2.11. The van der Waals surface area contributed by atoms with Gasteiger partial charge in [0.1, 0.15) is 11.6 Å². The van der Waals surface area contributed by atoms with Gasteiger partial charge in [0.2, 0.25) is 0 Å². The summed E-state index contributed by atoms with van der Waals surface area (Å²) in [5.74, 6) is -0.460. The van der Waals surface area contributed by atoms with Crippen LogP contribution in [0.4, 0.5) is 8.78 Å². The first-order chi connectivity index (χ1) is 11.1. The zero-order valence-electron chi connectivity index (χ0n) is 13.7. The first-order valence-electron chi connectivity index (χ1n) is 7.55. The molecular formula is C18H22F2IN3. The van der Waals surface area contributed by atoms with Crippen molar-refractivity contribution in [1.29, 1.82) is 0 Å². The average molecular weight is 445 g/mol. The number of rotatable bonds is 5. The molecular weight excluding hydrogens is 423 g/mol. The lowest BCUT2D eigenvalue weighted by Crippen LogP contribution is -2.39. The summed E-state index contributed by atoms with van der Waals surface area (Å²) in [6.07, 6.45) is 0.509. The Morgan fingerprint density at radius 3 is 2.29 bits per heavy atom. The molecule has 6 heteroatoms. The van der Waals surface area contributed by atoms with Crippen molar-refractivity contribution in [1.82, 2.24) is 10.6 Å². The molecule has 0 aliphatic rings. The van der Waals surface area contributed by atoms with Crippen LogP contribution in [-0.4, -0.2) is 19.6 Å². The topological polar surface area (TPSA) is 36.4 Å². The lowest BCUT2D eigenvalue weighted by atomic mass is 10.1. The molecule has 3 nitrogen and oxygen atoms in total. The molecule has 2 aromatic rings. The van der Waals surface area contributed by atoms with Gasteiger partial charge in [0, 0.05) is 19.7 Å². The first kappa shape index (κ1) is 20.3. The lowest BCUT2D eigenvalue weighted by molar-refractivity contribution is 0.579. The van der Waals surface area contributed by atoms with Crippen LogP contribution in [0.15, 0.2) is 53.5 Å². The van der Waals surface area contributed by atoms with E-state index in [0.717, 1.165) is 11.6 Å². The molecule has 0 bridgehead atoms. The quantitative estimate of drug-likeness (QED) is 0.414. The summed E-state index contributed by atoms with van der Waals surface area (Å²) >= 11 is 0. The van der Waals surface area contributed by atoms with E-state index in [0.29, 0.717) is 24.5 Å². The molecule has 0 aromatic heterocycles. The smallest absolute Gasteiger partial charge is 0.191 e. The fourth-order valence-electron chi connectivity index (χ4n) is 2.31. The lowest BCUT2D eigenvalue weighted by Gasteiger charge is -2.18. The highest BCUT2D eigenvalue weighted by atomic mass is 127. The molecule has 0 spiro atoms. The third kappa shape index (κ3) is 6.43. The van der Waals surface area contributed by atoms with Gasteiger partial charge in [-0.15, -0.1) is 24.0 Å². The van der Waals surface area contributed by atoms with E-state index in [1.54, 1.807) is 7.05 Å². The maximum atomic E-state index is 13.1. The van der Waals surface area contributed by atoms with Crippen molar-refractivity contribution in [3.63, 3.8) is 0 Å². The molecule has 2 aromatic carbocycles. The summed E-state index contributed by atoms with van der Waals surface area (Å²) in [5, 5.41) is 6.43. The Morgan fingerprint density at radius 1 is 1.08 bits per heavy atom. The molecule has 1 unspecified atom stereocenters. The number of nitrogens with zero attached hydrogens (tertiary/aromatic N) is 1. The van der Waals surface area contributed by atoms with E-state index in [1.165, 1.54) is 12.1 Å². The molecule has 0 radical (unpaired) electrons. The van der Waals surface area contributed by atoms with E-state index in [9.17, 15) is 8.78 Å². The molecule has 0 saturated heterocycles. The van der Waals surface area contributed by atoms with Crippen LogP contribution < -0.4 is 10.6 Å². The standard InChI is InChI=1S/C18H21F2N3.HI/c1-13(15-6-4-3-5-7-15)23-18(21-2)22-9-8-14-10-16(19)12-17(20)11-14;/h3-7,10-13H,8-9H2,1-2H3,(H2,21,22,23);1H. The van der Waals surface area contributed by atoms with Crippen LogP contribution in [0, 0.1) is 11.6 Å². The molecule has 0 saturated carbocycles. The van der Waals surface area contributed by atoms with E-state index >= 15 is 0 Å². The molecule has 0 amide bonds. The second-order valence-electron chi connectivity index (χ2n) is 5.30. The van der Waals surface area contributed by atoms with Crippen LogP contribution in [0.25, 0.3) is 0 Å². The summed E-state index contributed by atoms with van der Waals surface area (Å²) in [6.45, 7) is 2.58. The second-order valence-corrected chi connectivity index (χ2v) is 5.30. The maximum Gasteiger partial charge on any atom is 0.191 e. The van der Waals surface area contributed by atoms with Gasteiger partial charge in [-0.2, -0.15) is 0 Å². The third-order valence-electron chi connectivity index (χ3n) is 3.50. The summed E-state index contributed by atoms with van der Waals surface area (Å²) in [6, 6.07) is 13.7. The molecule has 130 valence electrons. The fourth-order valence-corrected chi connectivity index (χ4v) is 2.31. The number of halogens is 3. The van der Waals surface area contributed by atoms with E-state index < -0.39 is 11.6 Å². The predicted molar refractivity (Wildman–Crippen MR) is 105 cm³/mol. The van der Waals surface area contributed by atoms with E-state index in [2.05, 4.69) is 15.6 Å². The van der Waals surface area contributed by atoms with Gasteiger partial charge in [-0.25, -0.2) is 8.78 Å². The molecule has 2 rings (SSSR count). The van der Waals surface area contributed by atoms with Crippen LogP contribution >= 0.6 is 24.0 Å². The van der Waals surface area contributed by atoms with Crippen LogP contribution in [0.5, 0.6) is 0 Å². The van der Waals surface area contributed by atoms with Crippen LogP contribution in [0.3, 0.4) is 0 Å². The molecule has 24 heavy (non-hydrogen) atoms. The Kier molecular flexibility index (Phi) is 8.67. The van der Waals surface area contributed by atoms with E-state index in [4.69, 9.17) is 0 Å². The minimum atomic E-state index is -0.555. The van der Waals surface area contributed by atoms with Crippen LogP contribution in [0.2, 0.25) is 0 Å². The number of hydrogen-bond acceptors (Lipinski definition) is 1. The second kappa shape index (κ2) is 10.2. The van der Waals surface area contributed by atoms with Gasteiger partial charge in [-0.1, -0.05) is 30.3 Å². The largest absolute Gasteiger partial charge is 0.356 e. The van der Waals surface area contributed by atoms with E-state index in [-0.39, 0.29) is 30.0 Å². The van der Waals surface area contributed by atoms with Crippen molar-refractivity contribution >= 4 is 29.9 Å². The van der Waals surface area contributed by atoms with Gasteiger partial charge in [0.05, 0.1) is 6.04 Å². The van der Waals surface area contributed by atoms with Gasteiger partial charge in [-0.05, 0) is 36.6 Å². The molecule has 2 N–H and O–H groups in total. The average Bonchev–Trinajstić information content (AvgIpc) is 2.53. The predicted octanol–water partition coefficient (Wildman–Crippen LogP) is 4.05. The van der Waals surface area contributed by atoms with Crippen molar-refractivity contribution in [3.8, 4) is 0 Å². The van der Waals surface area contributed by atoms with Crippen molar-refractivity contribution in [3.05, 3.63) is 71.3 Å². The molecule has 1 atom stereocenters. The summed E-state index contributed by atoms with van der Waals surface area (Å²) < 4.78 is 26.3. The summed E-state index contributed by atoms with van der Waals surface area (Å²) in [4.78, 5) is 4.17. The Labute approximate surface area is 158 Å². The Morgan fingerprint density at radius 2 is 1.71 bits per heavy atom. The van der Waals surface area contributed by atoms with E-state index in [1.807, 2.05) is 37.3 Å². The number of guanidine groups is 1. The Balaban J connectivity index is 0.00000288. The SMILES string of the molecule is CN=C(NCCc1cc(F)cc(F)c1)NC(C)c1ccccc1.I. The fraction of sp³-hybridized carbons (Fsp3) is 0.278. The maximum absolute atomic E-state index is 13.1. The molecule has 0 heterocycles. The highest BCUT2D eigenvalue weighted by Gasteiger charge is 2.07. The van der Waals surface area contributed by atoms with Crippen LogP contribution in [-0.2, 0) is 6.42 Å². The first-order valence-corrected chi connectivity index (χ1v) is 7.55. The van der Waals surface area contributed by atoms with Crippen molar-refractivity contribution in [2.75, 3.05) is 13.6 Å². The van der Waals surface area contributed by atoms with Crippen molar-refractivity contribution in [2.45, 2.75) is 19.4 Å². The van der Waals surface area contributed by atoms with Gasteiger partial charge < -0.3 is 10.6 Å².